The van der Waals surface area contributed by atoms with Crippen molar-refractivity contribution < 1.29 is 9.59 Å². The standard InChI is InChI=1S/C8H10.CH5N.2CH2O/c1-7-3-5-8(2)6-4-7;3*1-2/h3-6H,1-2H3;2H2,1H3;2*1H2. The van der Waals surface area contributed by atoms with Crippen molar-refractivity contribution in [3.63, 3.8) is 0 Å². The van der Waals surface area contributed by atoms with Gasteiger partial charge in [0.2, 0.25) is 0 Å². The molecule has 0 atom stereocenters. The molecule has 0 spiro atoms. The van der Waals surface area contributed by atoms with Crippen molar-refractivity contribution in [1.29, 1.82) is 0 Å². The molecule has 3 heteroatoms. The lowest BCUT2D eigenvalue weighted by Crippen LogP contribution is -1.70. The summed E-state index contributed by atoms with van der Waals surface area (Å²) in [5.41, 5.74) is 7.16. The fraction of sp³-hybridized carbons (Fsp3) is 0.273. The van der Waals surface area contributed by atoms with Crippen LogP contribution < -0.4 is 5.73 Å². The maximum absolute atomic E-state index is 8.00. The molecule has 2 N–H and O–H groups in total. The van der Waals surface area contributed by atoms with E-state index in [-0.39, 0.29) is 0 Å². The summed E-state index contributed by atoms with van der Waals surface area (Å²) in [7, 11) is 1.50. The predicted octanol–water partition coefficient (Wildman–Crippen LogP) is 1.51. The van der Waals surface area contributed by atoms with E-state index in [4.69, 9.17) is 9.59 Å². The Morgan fingerprint density at radius 3 is 1.07 bits per heavy atom. The van der Waals surface area contributed by atoms with Gasteiger partial charge in [0.05, 0.1) is 0 Å². The quantitative estimate of drug-likeness (QED) is 0.685. The SMILES string of the molecule is C=O.C=O.CN.Cc1ccc(C)cc1. The van der Waals surface area contributed by atoms with Crippen LogP contribution in [0.5, 0.6) is 0 Å². The van der Waals surface area contributed by atoms with Crippen molar-refractivity contribution in [2.24, 2.45) is 5.73 Å². The Hall–Kier alpha value is -1.48. The number of hydrogen-bond donors (Lipinski definition) is 1. The van der Waals surface area contributed by atoms with Gasteiger partial charge in [-0.05, 0) is 20.9 Å². The topological polar surface area (TPSA) is 60.2 Å². The molecule has 1 aromatic rings. The normalized spacial score (nSPS) is 6.29. The number of aryl methyl sites for hydroxylation is 2. The van der Waals surface area contributed by atoms with Gasteiger partial charge in [-0.25, -0.2) is 0 Å². The molecule has 0 bridgehead atoms. The van der Waals surface area contributed by atoms with E-state index in [1.807, 2.05) is 13.6 Å². The highest BCUT2D eigenvalue weighted by Gasteiger charge is 1.79. The fourth-order valence-electron chi connectivity index (χ4n) is 0.637. The van der Waals surface area contributed by atoms with Crippen LogP contribution in [0.15, 0.2) is 24.3 Å². The summed E-state index contributed by atoms with van der Waals surface area (Å²) in [4.78, 5) is 16.0. The third kappa shape index (κ3) is 13.1. The number of carbonyl (C=O) groups is 2. The number of hydrogen-bond acceptors (Lipinski definition) is 3. The van der Waals surface area contributed by atoms with Crippen LogP contribution in [-0.4, -0.2) is 20.6 Å². The van der Waals surface area contributed by atoms with Gasteiger partial charge in [-0.1, -0.05) is 35.4 Å². The molecule has 80 valence electrons. The molecule has 0 aliphatic heterocycles. The summed E-state index contributed by atoms with van der Waals surface area (Å²) in [5, 5.41) is 0. The zero-order valence-corrected chi connectivity index (χ0v) is 9.12. The second-order valence-electron chi connectivity index (χ2n) is 2.15. The van der Waals surface area contributed by atoms with Crippen molar-refractivity contribution in [2.45, 2.75) is 13.8 Å². The van der Waals surface area contributed by atoms with Gasteiger partial charge >= 0.3 is 0 Å². The van der Waals surface area contributed by atoms with Gasteiger partial charge in [-0.15, -0.1) is 0 Å². The fourth-order valence-corrected chi connectivity index (χ4v) is 0.637. The summed E-state index contributed by atoms with van der Waals surface area (Å²) in [6, 6.07) is 8.48. The number of carbonyl (C=O) groups excluding carboxylic acids is 2. The molecule has 0 saturated carbocycles. The van der Waals surface area contributed by atoms with Gasteiger partial charge in [-0.2, -0.15) is 0 Å². The molecule has 0 radical (unpaired) electrons. The predicted molar refractivity (Wildman–Crippen MR) is 60.3 cm³/mol. The Kier molecular flexibility index (Phi) is 23.0. The molecule has 3 nitrogen and oxygen atoms in total. The lowest BCUT2D eigenvalue weighted by atomic mass is 10.2. The molecular weight excluding hydrogens is 178 g/mol. The van der Waals surface area contributed by atoms with Crippen molar-refractivity contribution in [3.05, 3.63) is 35.4 Å². The monoisotopic (exact) mass is 197 g/mol. The molecule has 0 amide bonds. The van der Waals surface area contributed by atoms with E-state index in [2.05, 4.69) is 43.8 Å². The Labute approximate surface area is 85.9 Å². The maximum atomic E-state index is 8.00. The molecule has 0 aromatic heterocycles. The van der Waals surface area contributed by atoms with Crippen LogP contribution >= 0.6 is 0 Å². The zero-order valence-electron chi connectivity index (χ0n) is 9.12. The first-order valence-corrected chi connectivity index (χ1v) is 3.98. The van der Waals surface area contributed by atoms with Crippen LogP contribution in [0.3, 0.4) is 0 Å². The van der Waals surface area contributed by atoms with Crippen molar-refractivity contribution in [1.82, 2.24) is 0 Å². The van der Waals surface area contributed by atoms with E-state index < -0.39 is 0 Å². The highest BCUT2D eigenvalue weighted by atomic mass is 16.1. The van der Waals surface area contributed by atoms with Crippen LogP contribution in [0.2, 0.25) is 0 Å². The average molecular weight is 197 g/mol. The molecule has 0 saturated heterocycles. The van der Waals surface area contributed by atoms with Gasteiger partial charge in [-0.3, -0.25) is 0 Å². The Balaban J connectivity index is -0.000000174. The Morgan fingerprint density at radius 1 is 0.786 bits per heavy atom. The summed E-state index contributed by atoms with van der Waals surface area (Å²) in [6.45, 7) is 8.19. The highest BCUT2D eigenvalue weighted by molar-refractivity contribution is 5.19. The van der Waals surface area contributed by atoms with E-state index in [1.54, 1.807) is 0 Å². The lowest BCUT2D eigenvalue weighted by molar-refractivity contribution is -0.0987. The number of rotatable bonds is 0. The first-order valence-electron chi connectivity index (χ1n) is 3.98. The molecule has 0 heterocycles. The van der Waals surface area contributed by atoms with E-state index in [9.17, 15) is 0 Å². The minimum atomic E-state index is 1.33. The molecule has 0 fully saturated rings. The molecule has 0 aliphatic carbocycles. The van der Waals surface area contributed by atoms with Crippen molar-refractivity contribution >= 4 is 13.6 Å². The minimum absolute atomic E-state index is 1.33. The second kappa shape index (κ2) is 17.6. The minimum Gasteiger partial charge on any atom is -0.333 e. The third-order valence-corrected chi connectivity index (χ3v) is 1.22. The van der Waals surface area contributed by atoms with Gasteiger partial charge in [0.15, 0.2) is 0 Å². The van der Waals surface area contributed by atoms with Crippen LogP contribution in [0.4, 0.5) is 0 Å². The summed E-state index contributed by atoms with van der Waals surface area (Å²) >= 11 is 0. The zero-order chi connectivity index (χ0) is 12.0. The average Bonchev–Trinajstić information content (AvgIpc) is 2.31. The van der Waals surface area contributed by atoms with Crippen molar-refractivity contribution in [2.75, 3.05) is 7.05 Å². The number of nitrogens with two attached hydrogens (primary N) is 1. The molecule has 1 rings (SSSR count). The van der Waals surface area contributed by atoms with Crippen LogP contribution in [0, 0.1) is 13.8 Å². The largest absolute Gasteiger partial charge is 0.333 e. The maximum Gasteiger partial charge on any atom is 0.106 e. The van der Waals surface area contributed by atoms with Crippen LogP contribution in [-0.2, 0) is 9.59 Å². The van der Waals surface area contributed by atoms with Crippen molar-refractivity contribution in [3.8, 4) is 0 Å². The summed E-state index contributed by atoms with van der Waals surface area (Å²) in [6.07, 6.45) is 0. The smallest absolute Gasteiger partial charge is 0.106 e. The molecule has 0 unspecified atom stereocenters. The van der Waals surface area contributed by atoms with Gasteiger partial charge in [0, 0.05) is 0 Å². The first-order chi connectivity index (χ1) is 6.79. The highest BCUT2D eigenvalue weighted by Crippen LogP contribution is 1.99. The lowest BCUT2D eigenvalue weighted by Gasteiger charge is -1.90. The van der Waals surface area contributed by atoms with Gasteiger partial charge < -0.3 is 15.3 Å². The van der Waals surface area contributed by atoms with E-state index >= 15 is 0 Å². The van der Waals surface area contributed by atoms with Crippen LogP contribution in [0.1, 0.15) is 11.1 Å². The first kappa shape index (κ1) is 18.3. The second-order valence-corrected chi connectivity index (χ2v) is 2.15. The number of benzene rings is 1. The van der Waals surface area contributed by atoms with Gasteiger partial charge in [0.25, 0.3) is 0 Å². The summed E-state index contributed by atoms with van der Waals surface area (Å²) in [5.74, 6) is 0. The molecule has 14 heavy (non-hydrogen) atoms. The van der Waals surface area contributed by atoms with E-state index in [0.717, 1.165) is 0 Å². The van der Waals surface area contributed by atoms with Gasteiger partial charge in [0.1, 0.15) is 13.6 Å². The molecule has 0 aliphatic rings. The van der Waals surface area contributed by atoms with Crippen LogP contribution in [0.25, 0.3) is 0 Å². The Bertz CT molecular complexity index is 174. The molecular formula is C11H19NO2. The van der Waals surface area contributed by atoms with E-state index in [0.29, 0.717) is 0 Å². The van der Waals surface area contributed by atoms with E-state index in [1.165, 1.54) is 18.2 Å². The Morgan fingerprint density at radius 2 is 0.929 bits per heavy atom. The summed E-state index contributed by atoms with van der Waals surface area (Å²) < 4.78 is 0. The molecule has 1 aromatic carbocycles. The third-order valence-electron chi connectivity index (χ3n) is 1.22.